The minimum absolute atomic E-state index is 0.914. The lowest BCUT2D eigenvalue weighted by Gasteiger charge is -2.09. The van der Waals surface area contributed by atoms with Gasteiger partial charge in [-0.2, -0.15) is 0 Å². The number of pyridine rings is 1. The summed E-state index contributed by atoms with van der Waals surface area (Å²) in [7, 11) is 0. The Hall–Kier alpha value is -2.44. The molecule has 1 aliphatic heterocycles. The summed E-state index contributed by atoms with van der Waals surface area (Å²) in [5.74, 6) is 0. The first-order chi connectivity index (χ1) is 15.3. The van der Waals surface area contributed by atoms with E-state index in [4.69, 9.17) is 0 Å². The fraction of sp³-hybridized carbons (Fsp3) is 0.231. The highest BCUT2D eigenvalue weighted by atomic mass is 79.9. The Kier molecular flexibility index (Phi) is 5.46. The second-order valence-electron chi connectivity index (χ2n) is 8.48. The summed E-state index contributed by atoms with van der Waals surface area (Å²) in [5.41, 5.74) is 10.8. The predicted octanol–water partition coefficient (Wildman–Crippen LogP) is 7.70. The summed E-state index contributed by atoms with van der Waals surface area (Å²) in [6.45, 7) is 9.26. The Morgan fingerprint density at radius 1 is 0.781 bits per heavy atom. The number of nitrogens with zero attached hydrogens (tertiary/aromatic N) is 2. The molecule has 32 heavy (non-hydrogen) atoms. The molecule has 0 atom stereocenters. The Morgan fingerprint density at radius 2 is 1.44 bits per heavy atom. The SMILES string of the molecule is CC1=NCCc2c1[nH]c1c(Br)cc(C)cc21.Cc1cc(Br)c2[nH]c3c(C)nccc3c2c1. The minimum Gasteiger partial charge on any atom is -0.352 e. The smallest absolute Gasteiger partial charge is 0.0681 e. The first-order valence-electron chi connectivity index (χ1n) is 10.7. The van der Waals surface area contributed by atoms with Gasteiger partial charge in [-0.1, -0.05) is 0 Å². The molecule has 0 spiro atoms. The molecule has 0 fully saturated rings. The largest absolute Gasteiger partial charge is 0.352 e. The highest BCUT2D eigenvalue weighted by molar-refractivity contribution is 9.11. The number of halogens is 2. The summed E-state index contributed by atoms with van der Waals surface area (Å²) >= 11 is 7.22. The molecule has 0 amide bonds. The third kappa shape index (κ3) is 3.59. The molecule has 5 aromatic rings. The van der Waals surface area contributed by atoms with Crippen molar-refractivity contribution >= 4 is 70.3 Å². The molecule has 0 aliphatic carbocycles. The van der Waals surface area contributed by atoms with Crippen LogP contribution in [0.15, 0.2) is 50.5 Å². The van der Waals surface area contributed by atoms with Gasteiger partial charge in [0.05, 0.1) is 33.6 Å². The first kappa shape index (κ1) is 21.4. The average Bonchev–Trinajstić information content (AvgIpc) is 3.30. The zero-order chi connectivity index (χ0) is 22.6. The molecule has 3 aromatic heterocycles. The number of benzene rings is 2. The van der Waals surface area contributed by atoms with Crippen LogP contribution in [0.4, 0.5) is 0 Å². The number of hydrogen-bond donors (Lipinski definition) is 2. The van der Waals surface area contributed by atoms with Crippen LogP contribution in [0.3, 0.4) is 0 Å². The van der Waals surface area contributed by atoms with Gasteiger partial charge in [-0.15, -0.1) is 0 Å². The summed E-state index contributed by atoms with van der Waals surface area (Å²) in [6, 6.07) is 10.8. The molecule has 0 unspecified atom stereocenters. The second kappa shape index (κ2) is 8.16. The molecule has 1 aliphatic rings. The quantitative estimate of drug-likeness (QED) is 0.203. The fourth-order valence-electron chi connectivity index (χ4n) is 4.58. The number of rotatable bonds is 0. The summed E-state index contributed by atoms with van der Waals surface area (Å²) in [6.07, 6.45) is 2.91. The molecule has 6 heteroatoms. The normalized spacial score (nSPS) is 13.2. The van der Waals surface area contributed by atoms with E-state index < -0.39 is 0 Å². The van der Waals surface area contributed by atoms with Gasteiger partial charge in [-0.05, 0) is 113 Å². The Labute approximate surface area is 203 Å². The van der Waals surface area contributed by atoms with Crippen LogP contribution in [0.25, 0.3) is 32.7 Å². The van der Waals surface area contributed by atoms with Crippen LogP contribution in [0.5, 0.6) is 0 Å². The average molecular weight is 552 g/mol. The van der Waals surface area contributed by atoms with Gasteiger partial charge in [0.25, 0.3) is 0 Å². The van der Waals surface area contributed by atoms with Gasteiger partial charge in [0, 0.05) is 37.8 Å². The number of aliphatic imine (C=N–C) groups is 1. The van der Waals surface area contributed by atoms with E-state index in [0.29, 0.717) is 0 Å². The Bertz CT molecular complexity index is 1540. The van der Waals surface area contributed by atoms with E-state index in [-0.39, 0.29) is 0 Å². The lowest BCUT2D eigenvalue weighted by Crippen LogP contribution is -2.08. The maximum Gasteiger partial charge on any atom is 0.0681 e. The van der Waals surface area contributed by atoms with Crippen LogP contribution < -0.4 is 0 Å². The van der Waals surface area contributed by atoms with E-state index in [1.54, 1.807) is 0 Å². The van der Waals surface area contributed by atoms with E-state index >= 15 is 0 Å². The third-order valence-corrected chi connectivity index (χ3v) is 7.35. The van der Waals surface area contributed by atoms with E-state index in [0.717, 1.165) is 44.4 Å². The van der Waals surface area contributed by atoms with Crippen molar-refractivity contribution in [1.29, 1.82) is 0 Å². The monoisotopic (exact) mass is 550 g/mol. The van der Waals surface area contributed by atoms with Crippen LogP contribution in [0.2, 0.25) is 0 Å². The maximum atomic E-state index is 4.49. The predicted molar refractivity (Wildman–Crippen MR) is 142 cm³/mol. The van der Waals surface area contributed by atoms with Crippen molar-refractivity contribution in [3.8, 4) is 0 Å². The number of nitrogens with one attached hydrogen (secondary N) is 2. The van der Waals surface area contributed by atoms with Crippen LogP contribution in [0.1, 0.15) is 35.0 Å². The van der Waals surface area contributed by atoms with Crippen molar-refractivity contribution in [2.45, 2.75) is 34.1 Å². The molecule has 0 saturated heterocycles. The summed E-state index contributed by atoms with van der Waals surface area (Å²) < 4.78 is 2.25. The molecule has 2 N–H and O–H groups in total. The van der Waals surface area contributed by atoms with Gasteiger partial charge < -0.3 is 9.97 Å². The number of hydrogen-bond acceptors (Lipinski definition) is 2. The zero-order valence-electron chi connectivity index (χ0n) is 18.5. The van der Waals surface area contributed by atoms with Gasteiger partial charge in [-0.25, -0.2) is 0 Å². The van der Waals surface area contributed by atoms with E-state index in [2.05, 4.69) is 103 Å². The van der Waals surface area contributed by atoms with E-state index in [9.17, 15) is 0 Å². The molecular weight excluding hydrogens is 528 g/mol. The number of aryl methyl sites for hydroxylation is 3. The molecule has 2 aromatic carbocycles. The zero-order valence-corrected chi connectivity index (χ0v) is 21.7. The van der Waals surface area contributed by atoms with Crippen molar-refractivity contribution in [2.75, 3.05) is 6.54 Å². The van der Waals surface area contributed by atoms with E-state index in [1.807, 2.05) is 13.1 Å². The van der Waals surface area contributed by atoms with Crippen molar-refractivity contribution in [3.63, 3.8) is 0 Å². The second-order valence-corrected chi connectivity index (χ2v) is 10.2. The number of aromatic nitrogens is 3. The third-order valence-electron chi connectivity index (χ3n) is 6.10. The number of H-pyrrole nitrogens is 2. The highest BCUT2D eigenvalue weighted by Gasteiger charge is 2.18. The summed E-state index contributed by atoms with van der Waals surface area (Å²) in [5, 5.41) is 3.84. The molecule has 0 saturated carbocycles. The van der Waals surface area contributed by atoms with Crippen molar-refractivity contribution in [3.05, 3.63) is 73.6 Å². The van der Waals surface area contributed by atoms with Crippen molar-refractivity contribution in [2.24, 2.45) is 4.99 Å². The van der Waals surface area contributed by atoms with Gasteiger partial charge in [0.15, 0.2) is 0 Å². The standard InChI is InChI=1S/C13H13BrN2.C13H11BrN2/c2*1-7-5-10-9-3-4-15-8(2)12(9)16-13(10)11(14)6-7/h5-6,16H,3-4H2,1-2H3;3-6,16H,1-2H3. The van der Waals surface area contributed by atoms with Crippen LogP contribution in [-0.4, -0.2) is 27.2 Å². The minimum atomic E-state index is 0.914. The van der Waals surface area contributed by atoms with E-state index in [1.165, 1.54) is 44.1 Å². The van der Waals surface area contributed by atoms with Gasteiger partial charge in [-0.3, -0.25) is 9.98 Å². The van der Waals surface area contributed by atoms with Gasteiger partial charge in [0.2, 0.25) is 0 Å². The van der Waals surface area contributed by atoms with Crippen molar-refractivity contribution < 1.29 is 0 Å². The van der Waals surface area contributed by atoms with Gasteiger partial charge in [0.1, 0.15) is 0 Å². The maximum absolute atomic E-state index is 4.49. The Balaban J connectivity index is 0.000000135. The molecule has 0 radical (unpaired) electrons. The lowest BCUT2D eigenvalue weighted by molar-refractivity contribution is 0.945. The lowest BCUT2D eigenvalue weighted by atomic mass is 10.0. The summed E-state index contributed by atoms with van der Waals surface area (Å²) in [4.78, 5) is 15.7. The molecule has 162 valence electrons. The Morgan fingerprint density at radius 3 is 2.16 bits per heavy atom. The molecule has 4 nitrogen and oxygen atoms in total. The number of aromatic amines is 2. The van der Waals surface area contributed by atoms with Crippen molar-refractivity contribution in [1.82, 2.24) is 15.0 Å². The topological polar surface area (TPSA) is 56.8 Å². The molecule has 0 bridgehead atoms. The molecule has 4 heterocycles. The number of fused-ring (bicyclic) bond motifs is 6. The fourth-order valence-corrected chi connectivity index (χ4v) is 5.93. The van der Waals surface area contributed by atoms with Crippen LogP contribution in [0, 0.1) is 20.8 Å². The molecular formula is C26H24Br2N4. The molecule has 6 rings (SSSR count). The highest BCUT2D eigenvalue weighted by Crippen LogP contribution is 2.33. The van der Waals surface area contributed by atoms with Crippen LogP contribution in [-0.2, 0) is 6.42 Å². The van der Waals surface area contributed by atoms with Crippen LogP contribution >= 0.6 is 31.9 Å². The van der Waals surface area contributed by atoms with Gasteiger partial charge >= 0.3 is 0 Å². The first-order valence-corrected chi connectivity index (χ1v) is 12.3.